The van der Waals surface area contributed by atoms with E-state index >= 15 is 0 Å². The lowest BCUT2D eigenvalue weighted by atomic mass is 10.1. The zero-order valence-corrected chi connectivity index (χ0v) is 16.8. The zero-order valence-electron chi connectivity index (χ0n) is 16.8. The van der Waals surface area contributed by atoms with Crippen molar-refractivity contribution in [1.82, 2.24) is 15.2 Å². The van der Waals surface area contributed by atoms with Gasteiger partial charge in [-0.1, -0.05) is 31.5 Å². The van der Waals surface area contributed by atoms with Crippen LogP contribution in [0.1, 0.15) is 42.7 Å². The smallest absolute Gasteiger partial charge is 0.292 e. The lowest BCUT2D eigenvalue weighted by molar-refractivity contribution is 0.0949. The number of fused-ring (bicyclic) bond motifs is 1. The molecule has 0 atom stereocenters. The van der Waals surface area contributed by atoms with Gasteiger partial charge in [0, 0.05) is 11.9 Å². The fourth-order valence-electron chi connectivity index (χ4n) is 2.95. The standard InChI is InChI=1S/C22H24N4O3/c1-4-5-14-26-22(28)19-9-7-6-8-18(19)20(25-26)21(27)24-23-15(2)16-10-12-17(29-3)13-11-16/h6-13H,4-5,14H2,1-3H3,(H,24,27)/b23-15-. The Morgan fingerprint density at radius 2 is 1.83 bits per heavy atom. The number of nitrogens with zero attached hydrogens (tertiary/aromatic N) is 3. The van der Waals surface area contributed by atoms with Gasteiger partial charge in [0.2, 0.25) is 0 Å². The molecule has 0 saturated carbocycles. The van der Waals surface area contributed by atoms with Crippen molar-refractivity contribution in [3.8, 4) is 5.75 Å². The van der Waals surface area contributed by atoms with Crippen molar-refractivity contribution < 1.29 is 9.53 Å². The molecule has 0 fully saturated rings. The lowest BCUT2D eigenvalue weighted by Gasteiger charge is -2.10. The minimum absolute atomic E-state index is 0.183. The van der Waals surface area contributed by atoms with E-state index in [-0.39, 0.29) is 11.3 Å². The van der Waals surface area contributed by atoms with Gasteiger partial charge in [-0.2, -0.15) is 10.2 Å². The van der Waals surface area contributed by atoms with Crippen LogP contribution in [0.3, 0.4) is 0 Å². The third kappa shape index (κ3) is 4.51. The van der Waals surface area contributed by atoms with Crippen LogP contribution in [-0.4, -0.2) is 28.5 Å². The van der Waals surface area contributed by atoms with Gasteiger partial charge in [-0.15, -0.1) is 0 Å². The van der Waals surface area contributed by atoms with Gasteiger partial charge in [0.25, 0.3) is 11.5 Å². The third-order valence-corrected chi connectivity index (χ3v) is 4.64. The molecule has 0 radical (unpaired) electrons. The Morgan fingerprint density at radius 1 is 1.14 bits per heavy atom. The number of nitrogens with one attached hydrogen (secondary N) is 1. The molecule has 1 N–H and O–H groups in total. The quantitative estimate of drug-likeness (QED) is 0.493. The summed E-state index contributed by atoms with van der Waals surface area (Å²) in [6.07, 6.45) is 1.73. The lowest BCUT2D eigenvalue weighted by Crippen LogP contribution is -2.29. The molecule has 1 amide bonds. The van der Waals surface area contributed by atoms with E-state index in [0.717, 1.165) is 24.2 Å². The average molecular weight is 392 g/mol. The molecule has 3 rings (SSSR count). The minimum atomic E-state index is -0.459. The second-order valence-electron chi connectivity index (χ2n) is 6.64. The van der Waals surface area contributed by atoms with Crippen molar-refractivity contribution in [3.05, 3.63) is 70.1 Å². The Morgan fingerprint density at radius 3 is 2.48 bits per heavy atom. The molecule has 1 aromatic heterocycles. The second kappa shape index (κ2) is 9.14. The van der Waals surface area contributed by atoms with Crippen LogP contribution in [0, 0.1) is 0 Å². The van der Waals surface area contributed by atoms with E-state index < -0.39 is 5.91 Å². The summed E-state index contributed by atoms with van der Waals surface area (Å²) in [6.45, 7) is 4.31. The maximum atomic E-state index is 12.8. The van der Waals surface area contributed by atoms with E-state index in [0.29, 0.717) is 23.0 Å². The maximum absolute atomic E-state index is 12.8. The largest absolute Gasteiger partial charge is 0.497 e. The summed E-state index contributed by atoms with van der Waals surface area (Å²) in [5, 5.41) is 9.50. The number of hydrogen-bond acceptors (Lipinski definition) is 5. The van der Waals surface area contributed by atoms with E-state index in [9.17, 15) is 9.59 Å². The maximum Gasteiger partial charge on any atom is 0.292 e. The van der Waals surface area contributed by atoms with E-state index in [1.807, 2.05) is 31.2 Å². The zero-order chi connectivity index (χ0) is 20.8. The Labute approximate surface area is 169 Å². The topological polar surface area (TPSA) is 85.6 Å². The molecule has 150 valence electrons. The average Bonchev–Trinajstić information content (AvgIpc) is 2.77. The van der Waals surface area contributed by atoms with Gasteiger partial charge in [0.15, 0.2) is 5.69 Å². The molecule has 0 unspecified atom stereocenters. The van der Waals surface area contributed by atoms with Crippen LogP contribution in [0.4, 0.5) is 0 Å². The van der Waals surface area contributed by atoms with Crippen molar-refractivity contribution in [3.63, 3.8) is 0 Å². The number of carbonyl (C=O) groups excluding carboxylic acids is 1. The molecule has 0 bridgehead atoms. The fourth-order valence-corrected chi connectivity index (χ4v) is 2.95. The molecule has 29 heavy (non-hydrogen) atoms. The number of hydrazone groups is 1. The number of methoxy groups -OCH3 is 1. The summed E-state index contributed by atoms with van der Waals surface area (Å²) < 4.78 is 6.51. The first-order valence-electron chi connectivity index (χ1n) is 9.54. The van der Waals surface area contributed by atoms with Crippen LogP contribution in [0.5, 0.6) is 5.75 Å². The Bertz CT molecular complexity index is 1100. The summed E-state index contributed by atoms with van der Waals surface area (Å²) in [5.41, 5.74) is 4.05. The summed E-state index contributed by atoms with van der Waals surface area (Å²) in [6, 6.07) is 14.4. The first kappa shape index (κ1) is 20.3. The third-order valence-electron chi connectivity index (χ3n) is 4.64. The number of benzene rings is 2. The molecule has 0 aliphatic rings. The highest BCUT2D eigenvalue weighted by Crippen LogP contribution is 2.14. The number of carbonyl (C=O) groups is 1. The first-order valence-corrected chi connectivity index (χ1v) is 9.54. The van der Waals surface area contributed by atoms with Crippen LogP contribution in [0.25, 0.3) is 10.8 Å². The molecule has 7 heteroatoms. The molecular weight excluding hydrogens is 368 g/mol. The van der Waals surface area contributed by atoms with Gasteiger partial charge in [-0.3, -0.25) is 9.59 Å². The number of ether oxygens (including phenoxy) is 1. The highest BCUT2D eigenvalue weighted by molar-refractivity contribution is 6.06. The predicted octanol–water partition coefficient (Wildman–Crippen LogP) is 3.36. The summed E-state index contributed by atoms with van der Waals surface area (Å²) >= 11 is 0. The van der Waals surface area contributed by atoms with E-state index in [2.05, 4.69) is 15.6 Å². The molecule has 0 aliphatic heterocycles. The van der Waals surface area contributed by atoms with Crippen LogP contribution < -0.4 is 15.7 Å². The first-order chi connectivity index (χ1) is 14.0. The van der Waals surface area contributed by atoms with Crippen molar-refractivity contribution in [2.45, 2.75) is 33.2 Å². The molecule has 3 aromatic rings. The number of unbranched alkanes of at least 4 members (excludes halogenated alkanes) is 1. The minimum Gasteiger partial charge on any atom is -0.497 e. The van der Waals surface area contributed by atoms with Crippen LogP contribution in [0.15, 0.2) is 58.4 Å². The van der Waals surface area contributed by atoms with Crippen molar-refractivity contribution in [2.24, 2.45) is 5.10 Å². The molecule has 1 heterocycles. The monoisotopic (exact) mass is 392 g/mol. The van der Waals surface area contributed by atoms with Crippen LogP contribution >= 0.6 is 0 Å². The number of amides is 1. The molecule has 0 aliphatic carbocycles. The predicted molar refractivity (Wildman–Crippen MR) is 114 cm³/mol. The number of aromatic nitrogens is 2. The summed E-state index contributed by atoms with van der Waals surface area (Å²) in [7, 11) is 1.60. The van der Waals surface area contributed by atoms with Gasteiger partial charge in [-0.05, 0) is 49.2 Å². The van der Waals surface area contributed by atoms with Crippen molar-refractivity contribution in [1.29, 1.82) is 0 Å². The van der Waals surface area contributed by atoms with Crippen molar-refractivity contribution >= 4 is 22.4 Å². The molecule has 0 spiro atoms. The molecular formula is C22H24N4O3. The van der Waals surface area contributed by atoms with Crippen LogP contribution in [-0.2, 0) is 6.54 Å². The molecule has 2 aromatic carbocycles. The van der Waals surface area contributed by atoms with Gasteiger partial charge in [0.05, 0.1) is 18.2 Å². The normalized spacial score (nSPS) is 11.5. The fraction of sp³-hybridized carbons (Fsp3) is 0.273. The van der Waals surface area contributed by atoms with Gasteiger partial charge in [0.1, 0.15) is 5.75 Å². The van der Waals surface area contributed by atoms with Gasteiger partial charge in [-0.25, -0.2) is 10.1 Å². The van der Waals surface area contributed by atoms with E-state index in [4.69, 9.17) is 4.74 Å². The molecule has 0 saturated heterocycles. The highest BCUT2D eigenvalue weighted by atomic mass is 16.5. The summed E-state index contributed by atoms with van der Waals surface area (Å²) in [4.78, 5) is 25.5. The van der Waals surface area contributed by atoms with E-state index in [1.165, 1.54) is 4.68 Å². The Kier molecular flexibility index (Phi) is 6.39. The van der Waals surface area contributed by atoms with E-state index in [1.54, 1.807) is 38.3 Å². The number of aryl methyl sites for hydroxylation is 1. The summed E-state index contributed by atoms with van der Waals surface area (Å²) in [5.74, 6) is 0.287. The number of hydrogen-bond donors (Lipinski definition) is 1. The van der Waals surface area contributed by atoms with Gasteiger partial charge >= 0.3 is 0 Å². The van der Waals surface area contributed by atoms with Gasteiger partial charge < -0.3 is 4.74 Å². The SMILES string of the molecule is CCCCn1nc(C(=O)N/N=C(/C)c2ccc(OC)cc2)c2ccccc2c1=O. The second-order valence-corrected chi connectivity index (χ2v) is 6.64. The highest BCUT2D eigenvalue weighted by Gasteiger charge is 2.16. The Balaban J connectivity index is 1.91. The van der Waals surface area contributed by atoms with Crippen LogP contribution in [0.2, 0.25) is 0 Å². The van der Waals surface area contributed by atoms with Crippen molar-refractivity contribution in [2.75, 3.05) is 7.11 Å². The molecule has 7 nitrogen and oxygen atoms in total. The Hall–Kier alpha value is -3.48. The number of rotatable bonds is 7.